The Labute approximate surface area is 134 Å². The van der Waals surface area contributed by atoms with E-state index in [2.05, 4.69) is 5.10 Å². The van der Waals surface area contributed by atoms with Crippen molar-refractivity contribution in [3.05, 3.63) is 41.7 Å². The molecule has 0 amide bonds. The maximum Gasteiger partial charge on any atom is 0.310 e. The van der Waals surface area contributed by atoms with Crippen LogP contribution in [0.4, 0.5) is 0 Å². The number of hydrogen-bond acceptors (Lipinski definition) is 5. The molecular weight excluding hydrogens is 296 g/mol. The van der Waals surface area contributed by atoms with Crippen LogP contribution in [0.25, 0.3) is 0 Å². The molecule has 1 aromatic heterocycles. The van der Waals surface area contributed by atoms with Crippen LogP contribution in [0.3, 0.4) is 0 Å². The first-order valence-electron chi connectivity index (χ1n) is 7.70. The number of nitrogens with zero attached hydrogens (tertiary/aromatic N) is 2. The van der Waals surface area contributed by atoms with Gasteiger partial charge < -0.3 is 14.2 Å². The van der Waals surface area contributed by atoms with Gasteiger partial charge >= 0.3 is 5.97 Å². The summed E-state index contributed by atoms with van der Waals surface area (Å²) in [4.78, 5) is 12.3. The minimum atomic E-state index is -0.313. The minimum absolute atomic E-state index is 0.0596. The predicted molar refractivity (Wildman–Crippen MR) is 81.1 cm³/mol. The predicted octanol–water partition coefficient (Wildman–Crippen LogP) is 2.56. The number of fused-ring (bicyclic) bond motifs is 1. The second kappa shape index (κ2) is 5.30. The topological polar surface area (TPSA) is 62.6 Å². The number of carbonyl (C=O) groups is 1. The van der Waals surface area contributed by atoms with Crippen LogP contribution in [0.5, 0.6) is 11.5 Å². The summed E-state index contributed by atoms with van der Waals surface area (Å²) in [6.07, 6.45) is 4.30. The van der Waals surface area contributed by atoms with E-state index < -0.39 is 0 Å². The summed E-state index contributed by atoms with van der Waals surface area (Å²) in [5, 5.41) is 4.15. The van der Waals surface area contributed by atoms with Crippen molar-refractivity contribution in [2.45, 2.75) is 25.4 Å². The lowest BCUT2D eigenvalue weighted by atomic mass is 10.1. The molecule has 2 aliphatic rings. The monoisotopic (exact) mass is 314 g/mol. The van der Waals surface area contributed by atoms with Gasteiger partial charge in [-0.15, -0.1) is 0 Å². The Morgan fingerprint density at radius 2 is 2.22 bits per heavy atom. The van der Waals surface area contributed by atoms with E-state index in [1.54, 1.807) is 4.68 Å². The van der Waals surface area contributed by atoms with Crippen molar-refractivity contribution < 1.29 is 19.0 Å². The van der Waals surface area contributed by atoms with Gasteiger partial charge in [0.15, 0.2) is 11.5 Å². The van der Waals surface area contributed by atoms with Crippen molar-refractivity contribution in [2.75, 3.05) is 6.79 Å². The molecule has 0 bridgehead atoms. The molecule has 1 fully saturated rings. The summed E-state index contributed by atoms with van der Waals surface area (Å²) in [6.45, 7) is 2.11. The van der Waals surface area contributed by atoms with Crippen LogP contribution in [-0.2, 0) is 16.6 Å². The first-order chi connectivity index (χ1) is 11.1. The Morgan fingerprint density at radius 3 is 3.00 bits per heavy atom. The van der Waals surface area contributed by atoms with E-state index in [-0.39, 0.29) is 30.7 Å². The van der Waals surface area contributed by atoms with Crippen molar-refractivity contribution in [1.82, 2.24) is 9.78 Å². The molecule has 1 saturated carbocycles. The molecule has 23 heavy (non-hydrogen) atoms. The van der Waals surface area contributed by atoms with Crippen LogP contribution in [0, 0.1) is 5.92 Å². The highest BCUT2D eigenvalue weighted by Crippen LogP contribution is 2.48. The molecule has 0 unspecified atom stereocenters. The fourth-order valence-electron chi connectivity index (χ4n) is 2.95. The average molecular weight is 314 g/mol. The summed E-state index contributed by atoms with van der Waals surface area (Å²) < 4.78 is 18.0. The second-order valence-electron chi connectivity index (χ2n) is 6.09. The highest BCUT2D eigenvalue weighted by molar-refractivity contribution is 5.77. The first kappa shape index (κ1) is 14.1. The van der Waals surface area contributed by atoms with Crippen LogP contribution < -0.4 is 9.47 Å². The lowest BCUT2D eigenvalue weighted by Gasteiger charge is -2.14. The van der Waals surface area contributed by atoms with E-state index in [0.717, 1.165) is 23.3 Å². The van der Waals surface area contributed by atoms with Crippen molar-refractivity contribution in [1.29, 1.82) is 0 Å². The fourth-order valence-corrected chi connectivity index (χ4v) is 2.95. The molecule has 0 N–H and O–H groups in total. The smallest absolute Gasteiger partial charge is 0.310 e. The highest BCUT2D eigenvalue weighted by atomic mass is 16.7. The maximum absolute atomic E-state index is 12.3. The van der Waals surface area contributed by atoms with Gasteiger partial charge in [-0.2, -0.15) is 5.10 Å². The molecule has 0 saturated heterocycles. The van der Waals surface area contributed by atoms with Crippen LogP contribution in [0.15, 0.2) is 30.6 Å². The van der Waals surface area contributed by atoms with Crippen molar-refractivity contribution in [3.8, 4) is 11.5 Å². The number of esters is 1. The fraction of sp³-hybridized carbons (Fsp3) is 0.412. The van der Waals surface area contributed by atoms with Crippen LogP contribution in [0.2, 0.25) is 0 Å². The normalized spacial score (nSPS) is 22.7. The van der Waals surface area contributed by atoms with Gasteiger partial charge in [-0.3, -0.25) is 9.48 Å². The summed E-state index contributed by atoms with van der Waals surface area (Å²) in [7, 11) is 1.88. The quantitative estimate of drug-likeness (QED) is 0.812. The number of carbonyl (C=O) groups excluding carboxylic acids is 1. The van der Waals surface area contributed by atoms with E-state index in [0.29, 0.717) is 5.75 Å². The molecule has 2 aromatic rings. The minimum Gasteiger partial charge on any atom is -0.458 e. The van der Waals surface area contributed by atoms with Crippen molar-refractivity contribution in [2.24, 2.45) is 13.0 Å². The Morgan fingerprint density at radius 1 is 1.39 bits per heavy atom. The van der Waals surface area contributed by atoms with E-state index >= 15 is 0 Å². The number of aromatic nitrogens is 2. The average Bonchev–Trinajstić information content (AvgIpc) is 2.99. The van der Waals surface area contributed by atoms with E-state index in [1.165, 1.54) is 0 Å². The van der Waals surface area contributed by atoms with Crippen LogP contribution >= 0.6 is 0 Å². The zero-order valence-electron chi connectivity index (χ0n) is 13.1. The maximum atomic E-state index is 12.3. The molecule has 120 valence electrons. The van der Waals surface area contributed by atoms with Gasteiger partial charge in [0.2, 0.25) is 6.79 Å². The highest BCUT2D eigenvalue weighted by Gasteiger charge is 2.46. The van der Waals surface area contributed by atoms with Gasteiger partial charge in [0.1, 0.15) is 6.10 Å². The van der Waals surface area contributed by atoms with E-state index in [4.69, 9.17) is 14.2 Å². The third-order valence-electron chi connectivity index (χ3n) is 4.41. The summed E-state index contributed by atoms with van der Waals surface area (Å²) in [5.41, 5.74) is 2.01. The molecule has 6 nitrogen and oxygen atoms in total. The molecule has 3 atom stereocenters. The molecule has 4 rings (SSSR count). The van der Waals surface area contributed by atoms with Crippen molar-refractivity contribution >= 4 is 5.97 Å². The Hall–Kier alpha value is -2.50. The molecule has 2 heterocycles. The molecule has 6 heteroatoms. The second-order valence-corrected chi connectivity index (χ2v) is 6.09. The first-order valence-corrected chi connectivity index (χ1v) is 7.70. The summed E-state index contributed by atoms with van der Waals surface area (Å²) in [5.74, 6) is 1.45. The van der Waals surface area contributed by atoms with Gasteiger partial charge in [0.05, 0.1) is 12.1 Å². The molecule has 0 radical (unpaired) electrons. The van der Waals surface area contributed by atoms with Gasteiger partial charge in [-0.1, -0.05) is 6.07 Å². The number of rotatable bonds is 4. The number of benzene rings is 1. The molecule has 0 spiro atoms. The van der Waals surface area contributed by atoms with Crippen LogP contribution in [-0.4, -0.2) is 22.5 Å². The largest absolute Gasteiger partial charge is 0.458 e. The zero-order chi connectivity index (χ0) is 16.0. The van der Waals surface area contributed by atoms with Crippen LogP contribution in [0.1, 0.15) is 36.5 Å². The van der Waals surface area contributed by atoms with Gasteiger partial charge in [0.25, 0.3) is 0 Å². The number of hydrogen-bond donors (Lipinski definition) is 0. The van der Waals surface area contributed by atoms with E-state index in [1.807, 2.05) is 44.6 Å². The third kappa shape index (κ3) is 2.65. The van der Waals surface area contributed by atoms with Gasteiger partial charge in [-0.05, 0) is 36.6 Å². The number of aryl methyl sites for hydroxylation is 1. The Bertz CT molecular complexity index is 755. The molecule has 1 aromatic carbocycles. The zero-order valence-corrected chi connectivity index (χ0v) is 13.1. The molecule has 1 aliphatic carbocycles. The molecule has 1 aliphatic heterocycles. The van der Waals surface area contributed by atoms with Gasteiger partial charge in [-0.25, -0.2) is 0 Å². The summed E-state index contributed by atoms with van der Waals surface area (Å²) in [6, 6.07) is 5.61. The lowest BCUT2D eigenvalue weighted by Crippen LogP contribution is -2.11. The summed E-state index contributed by atoms with van der Waals surface area (Å²) >= 11 is 0. The lowest BCUT2D eigenvalue weighted by molar-refractivity contribution is -0.150. The Balaban J connectivity index is 1.39. The number of ether oxygens (including phenoxy) is 3. The van der Waals surface area contributed by atoms with E-state index in [9.17, 15) is 4.79 Å². The SMILES string of the molecule is C[C@H](OC(=O)[C@H]1C[C@@H]1c1cnn(C)c1)c1ccc2c(c1)OCO2. The van der Waals surface area contributed by atoms with Gasteiger partial charge in [0, 0.05) is 19.2 Å². The third-order valence-corrected chi connectivity index (χ3v) is 4.41. The Kier molecular flexibility index (Phi) is 3.25. The van der Waals surface area contributed by atoms with Crippen molar-refractivity contribution in [3.63, 3.8) is 0 Å². The molecular formula is C17H18N2O4. The standard InChI is InChI=1S/C17H18N2O4/c1-10(11-3-4-15-16(5-11)22-9-21-15)23-17(20)14-6-13(14)12-7-18-19(2)8-12/h3-5,7-8,10,13-14H,6,9H2,1-2H3/t10-,13+,14-/m0/s1.